The van der Waals surface area contributed by atoms with E-state index in [1.54, 1.807) is 11.0 Å². The number of carbonyl (C=O) groups excluding carboxylic acids is 2. The standard InChI is InChI=1S/C20H19F3N4O4/c21-20(22,23)15-6-2-3-7-16(15)24-18(28)13-25-9-11-26(12-10-25)19(29)14-5-1-4-8-17(14)27(30)31/h1-8H,9-13H2,(H,24,28). The molecule has 31 heavy (non-hydrogen) atoms. The van der Waals surface area contributed by atoms with Crippen LogP contribution in [-0.4, -0.2) is 59.3 Å². The van der Waals surface area contributed by atoms with Gasteiger partial charge in [0, 0.05) is 32.2 Å². The maximum absolute atomic E-state index is 13.1. The molecule has 1 aliphatic rings. The average Bonchev–Trinajstić information content (AvgIpc) is 2.73. The smallest absolute Gasteiger partial charge is 0.336 e. The second-order valence-corrected chi connectivity index (χ2v) is 6.93. The Morgan fingerprint density at radius 3 is 2.26 bits per heavy atom. The highest BCUT2D eigenvalue weighted by atomic mass is 19.4. The summed E-state index contributed by atoms with van der Waals surface area (Å²) in [5, 5.41) is 13.4. The van der Waals surface area contributed by atoms with Gasteiger partial charge in [-0.05, 0) is 18.2 Å². The number of nitro benzene ring substituents is 1. The summed E-state index contributed by atoms with van der Waals surface area (Å²) in [6.45, 7) is 0.940. The van der Waals surface area contributed by atoms with Crippen LogP contribution in [0.15, 0.2) is 48.5 Å². The largest absolute Gasteiger partial charge is 0.418 e. The third-order valence-corrected chi connectivity index (χ3v) is 4.86. The first-order valence-corrected chi connectivity index (χ1v) is 9.38. The lowest BCUT2D eigenvalue weighted by atomic mass is 10.1. The predicted molar refractivity (Wildman–Crippen MR) is 106 cm³/mol. The minimum Gasteiger partial charge on any atom is -0.336 e. The van der Waals surface area contributed by atoms with Gasteiger partial charge in [0.05, 0.1) is 22.7 Å². The first-order valence-electron chi connectivity index (χ1n) is 9.38. The van der Waals surface area contributed by atoms with Gasteiger partial charge in [0.15, 0.2) is 0 Å². The number of halogens is 3. The number of nitrogens with zero attached hydrogens (tertiary/aromatic N) is 3. The number of hydrogen-bond donors (Lipinski definition) is 1. The molecule has 1 aliphatic heterocycles. The molecule has 1 heterocycles. The minimum absolute atomic E-state index is 0.0116. The second kappa shape index (κ2) is 9.13. The molecule has 0 aliphatic carbocycles. The Bertz CT molecular complexity index is 988. The molecular weight excluding hydrogens is 417 g/mol. The maximum Gasteiger partial charge on any atom is 0.418 e. The lowest BCUT2D eigenvalue weighted by molar-refractivity contribution is -0.385. The second-order valence-electron chi connectivity index (χ2n) is 6.93. The number of alkyl halides is 3. The Morgan fingerprint density at radius 1 is 1.00 bits per heavy atom. The van der Waals surface area contributed by atoms with Gasteiger partial charge in [-0.25, -0.2) is 0 Å². The van der Waals surface area contributed by atoms with Crippen molar-refractivity contribution in [3.05, 3.63) is 69.8 Å². The monoisotopic (exact) mass is 436 g/mol. The van der Waals surface area contributed by atoms with E-state index in [0.717, 1.165) is 6.07 Å². The quantitative estimate of drug-likeness (QED) is 0.574. The van der Waals surface area contributed by atoms with Crippen LogP contribution in [0.3, 0.4) is 0 Å². The summed E-state index contributed by atoms with van der Waals surface area (Å²) in [4.78, 5) is 38.6. The highest BCUT2D eigenvalue weighted by molar-refractivity contribution is 5.98. The van der Waals surface area contributed by atoms with Gasteiger partial charge in [0.25, 0.3) is 11.6 Å². The Balaban J connectivity index is 1.57. The summed E-state index contributed by atoms with van der Waals surface area (Å²) in [5.74, 6) is -1.08. The molecule has 0 bridgehead atoms. The summed E-state index contributed by atoms with van der Waals surface area (Å²) in [6.07, 6.45) is -4.59. The molecule has 2 amide bonds. The van der Waals surface area contributed by atoms with Crippen LogP contribution in [0.5, 0.6) is 0 Å². The van der Waals surface area contributed by atoms with Crippen molar-refractivity contribution in [3.8, 4) is 0 Å². The van der Waals surface area contributed by atoms with E-state index in [0.29, 0.717) is 13.1 Å². The zero-order valence-corrected chi connectivity index (χ0v) is 16.3. The van der Waals surface area contributed by atoms with Crippen LogP contribution in [0.4, 0.5) is 24.5 Å². The fraction of sp³-hybridized carbons (Fsp3) is 0.300. The number of benzene rings is 2. The molecule has 3 rings (SSSR count). The number of hydrogen-bond acceptors (Lipinski definition) is 5. The molecule has 1 saturated heterocycles. The highest BCUT2D eigenvalue weighted by Crippen LogP contribution is 2.34. The van der Waals surface area contributed by atoms with Gasteiger partial charge in [-0.15, -0.1) is 0 Å². The molecule has 0 radical (unpaired) electrons. The molecule has 0 unspecified atom stereocenters. The lowest BCUT2D eigenvalue weighted by Crippen LogP contribution is -2.50. The van der Waals surface area contributed by atoms with Crippen molar-refractivity contribution in [2.24, 2.45) is 0 Å². The number of carbonyl (C=O) groups is 2. The van der Waals surface area contributed by atoms with Crippen molar-refractivity contribution < 1.29 is 27.7 Å². The molecule has 0 aromatic heterocycles. The van der Waals surface area contributed by atoms with E-state index in [9.17, 15) is 32.9 Å². The number of rotatable bonds is 5. The van der Waals surface area contributed by atoms with Gasteiger partial charge >= 0.3 is 6.18 Å². The van der Waals surface area contributed by atoms with E-state index in [2.05, 4.69) is 5.32 Å². The van der Waals surface area contributed by atoms with Crippen LogP contribution in [0.2, 0.25) is 0 Å². The summed E-state index contributed by atoms with van der Waals surface area (Å²) >= 11 is 0. The van der Waals surface area contributed by atoms with Crippen LogP contribution in [0.1, 0.15) is 15.9 Å². The van der Waals surface area contributed by atoms with Gasteiger partial charge in [-0.3, -0.25) is 24.6 Å². The Morgan fingerprint density at radius 2 is 1.61 bits per heavy atom. The summed E-state index contributed by atoms with van der Waals surface area (Å²) in [6, 6.07) is 10.4. The van der Waals surface area contributed by atoms with E-state index >= 15 is 0 Å². The molecule has 164 valence electrons. The van der Waals surface area contributed by atoms with Crippen LogP contribution in [0.25, 0.3) is 0 Å². The SMILES string of the molecule is O=C(CN1CCN(C(=O)c2ccccc2[N+](=O)[O-])CC1)Nc1ccccc1C(F)(F)F. The molecule has 1 N–H and O–H groups in total. The molecule has 2 aromatic carbocycles. The van der Waals surface area contributed by atoms with Gasteiger partial charge in [-0.2, -0.15) is 13.2 Å². The molecule has 0 spiro atoms. The number of piperazine rings is 1. The van der Waals surface area contributed by atoms with Crippen LogP contribution in [0, 0.1) is 10.1 Å². The minimum atomic E-state index is -4.59. The zero-order chi connectivity index (χ0) is 22.6. The van der Waals surface area contributed by atoms with Crippen molar-refractivity contribution in [2.75, 3.05) is 38.0 Å². The fourth-order valence-electron chi connectivity index (χ4n) is 3.33. The van der Waals surface area contributed by atoms with E-state index in [1.165, 1.54) is 41.3 Å². The van der Waals surface area contributed by atoms with Crippen LogP contribution < -0.4 is 5.32 Å². The molecule has 0 saturated carbocycles. The maximum atomic E-state index is 13.1. The van der Waals surface area contributed by atoms with E-state index < -0.39 is 28.5 Å². The van der Waals surface area contributed by atoms with Gasteiger partial charge < -0.3 is 10.2 Å². The molecule has 8 nitrogen and oxygen atoms in total. The van der Waals surface area contributed by atoms with Gasteiger partial charge in [-0.1, -0.05) is 24.3 Å². The summed E-state index contributed by atoms with van der Waals surface area (Å²) < 4.78 is 39.2. The van der Waals surface area contributed by atoms with Gasteiger partial charge in [0.2, 0.25) is 5.91 Å². The van der Waals surface area contributed by atoms with Crippen molar-refractivity contribution in [1.82, 2.24) is 9.80 Å². The number of nitro groups is 1. The summed E-state index contributed by atoms with van der Waals surface area (Å²) in [5.41, 5.74) is -1.53. The summed E-state index contributed by atoms with van der Waals surface area (Å²) in [7, 11) is 0. The lowest BCUT2D eigenvalue weighted by Gasteiger charge is -2.34. The van der Waals surface area contributed by atoms with Crippen molar-refractivity contribution in [2.45, 2.75) is 6.18 Å². The van der Waals surface area contributed by atoms with Crippen molar-refractivity contribution >= 4 is 23.2 Å². The number of nitrogens with one attached hydrogen (secondary N) is 1. The van der Waals surface area contributed by atoms with Crippen molar-refractivity contribution in [1.29, 1.82) is 0 Å². The van der Waals surface area contributed by atoms with Crippen LogP contribution in [-0.2, 0) is 11.0 Å². The Labute approximate surface area is 175 Å². The predicted octanol–water partition coefficient (Wildman–Crippen LogP) is 3.01. The molecular formula is C20H19F3N4O4. The molecule has 0 atom stereocenters. The van der Waals surface area contributed by atoms with E-state index in [4.69, 9.17) is 0 Å². The third kappa shape index (κ3) is 5.37. The first-order chi connectivity index (χ1) is 14.7. The Kier molecular flexibility index (Phi) is 6.54. The molecule has 1 fully saturated rings. The van der Waals surface area contributed by atoms with E-state index in [-0.39, 0.29) is 36.6 Å². The van der Waals surface area contributed by atoms with Gasteiger partial charge in [0.1, 0.15) is 5.56 Å². The number of anilines is 1. The Hall–Kier alpha value is -3.47. The topological polar surface area (TPSA) is 95.8 Å². The molecule has 11 heteroatoms. The number of amides is 2. The normalized spacial score (nSPS) is 14.9. The highest BCUT2D eigenvalue weighted by Gasteiger charge is 2.34. The van der Waals surface area contributed by atoms with Crippen LogP contribution >= 0.6 is 0 Å². The fourth-order valence-corrected chi connectivity index (χ4v) is 3.33. The third-order valence-electron chi connectivity index (χ3n) is 4.86. The molecule has 2 aromatic rings. The van der Waals surface area contributed by atoms with Crippen molar-refractivity contribution in [3.63, 3.8) is 0 Å². The number of para-hydroxylation sites is 2. The average molecular weight is 436 g/mol. The van der Waals surface area contributed by atoms with E-state index in [1.807, 2.05) is 0 Å². The first kappa shape index (κ1) is 22.2. The zero-order valence-electron chi connectivity index (χ0n) is 16.3.